The van der Waals surface area contributed by atoms with Crippen LogP contribution in [0.5, 0.6) is 5.75 Å². The summed E-state index contributed by atoms with van der Waals surface area (Å²) in [5.41, 5.74) is 1.37. The van der Waals surface area contributed by atoms with Crippen molar-refractivity contribution in [2.45, 2.75) is 32.1 Å². The molecule has 2 nitrogen and oxygen atoms in total. The molecule has 0 amide bonds. The zero-order chi connectivity index (χ0) is 13.8. The summed E-state index contributed by atoms with van der Waals surface area (Å²) >= 11 is 6.12. The molecule has 1 N–H and O–H groups in total. The fourth-order valence-corrected chi connectivity index (χ4v) is 3.46. The van der Waals surface area contributed by atoms with Gasteiger partial charge in [0, 0.05) is 0 Å². The van der Waals surface area contributed by atoms with Crippen molar-refractivity contribution >= 4 is 11.6 Å². The molecule has 1 fully saturated rings. The van der Waals surface area contributed by atoms with Crippen molar-refractivity contribution in [1.29, 1.82) is 0 Å². The highest BCUT2D eigenvalue weighted by molar-refractivity contribution is 6.32. The molecule has 2 rings (SSSR count). The highest BCUT2D eigenvalue weighted by Gasteiger charge is 2.29. The Hall–Kier alpha value is -0.730. The van der Waals surface area contributed by atoms with E-state index in [-0.39, 0.29) is 0 Å². The summed E-state index contributed by atoms with van der Waals surface area (Å²) < 4.78 is 5.35. The maximum Gasteiger partial charge on any atom is 0.137 e. The molecule has 3 unspecified atom stereocenters. The standard InChI is InChI=1S/C16H24ClNO/c1-11-4-5-13(10-18-2)14(8-11)12-6-7-15(17)16(9-12)19-3/h6-7,9,11,13-14,18H,4-5,8,10H2,1-3H3. The highest BCUT2D eigenvalue weighted by Crippen LogP contribution is 2.41. The summed E-state index contributed by atoms with van der Waals surface area (Å²) in [6.07, 6.45) is 3.91. The van der Waals surface area contributed by atoms with Gasteiger partial charge in [0.25, 0.3) is 0 Å². The lowest BCUT2D eigenvalue weighted by atomic mass is 9.71. The largest absolute Gasteiger partial charge is 0.495 e. The number of rotatable bonds is 4. The summed E-state index contributed by atoms with van der Waals surface area (Å²) in [4.78, 5) is 0. The molecule has 1 aliphatic rings. The van der Waals surface area contributed by atoms with E-state index in [1.165, 1.54) is 24.8 Å². The molecule has 0 radical (unpaired) electrons. The van der Waals surface area contributed by atoms with Gasteiger partial charge in [0.05, 0.1) is 12.1 Å². The number of methoxy groups -OCH3 is 1. The fourth-order valence-electron chi connectivity index (χ4n) is 3.27. The van der Waals surface area contributed by atoms with Gasteiger partial charge in [0.15, 0.2) is 0 Å². The minimum absolute atomic E-state index is 0.613. The smallest absolute Gasteiger partial charge is 0.137 e. The third kappa shape index (κ3) is 3.43. The van der Waals surface area contributed by atoms with Crippen LogP contribution in [0, 0.1) is 11.8 Å². The zero-order valence-corrected chi connectivity index (χ0v) is 12.8. The van der Waals surface area contributed by atoms with Crippen molar-refractivity contribution in [1.82, 2.24) is 5.32 Å². The lowest BCUT2D eigenvalue weighted by Crippen LogP contribution is -2.29. The highest BCUT2D eigenvalue weighted by atomic mass is 35.5. The Balaban J connectivity index is 2.25. The Kier molecular flexibility index (Phi) is 5.12. The molecule has 3 atom stereocenters. The molecule has 0 bridgehead atoms. The van der Waals surface area contributed by atoms with E-state index in [1.807, 2.05) is 13.1 Å². The second-order valence-electron chi connectivity index (χ2n) is 5.74. The minimum atomic E-state index is 0.613. The second kappa shape index (κ2) is 6.62. The topological polar surface area (TPSA) is 21.3 Å². The molecule has 0 heterocycles. The predicted molar refractivity (Wildman–Crippen MR) is 81.2 cm³/mol. The van der Waals surface area contributed by atoms with Gasteiger partial charge in [0.1, 0.15) is 5.75 Å². The Bertz CT molecular complexity index is 421. The number of hydrogen-bond donors (Lipinski definition) is 1. The monoisotopic (exact) mass is 281 g/mol. The van der Waals surface area contributed by atoms with Gasteiger partial charge in [0.2, 0.25) is 0 Å². The van der Waals surface area contributed by atoms with Crippen molar-refractivity contribution in [3.05, 3.63) is 28.8 Å². The van der Waals surface area contributed by atoms with Gasteiger partial charge >= 0.3 is 0 Å². The Morgan fingerprint density at radius 3 is 2.84 bits per heavy atom. The quantitative estimate of drug-likeness (QED) is 0.898. The Morgan fingerprint density at radius 1 is 1.37 bits per heavy atom. The molecule has 1 saturated carbocycles. The van der Waals surface area contributed by atoms with E-state index in [1.54, 1.807) is 7.11 Å². The lowest BCUT2D eigenvalue weighted by Gasteiger charge is -2.35. The first-order chi connectivity index (χ1) is 9.15. The van der Waals surface area contributed by atoms with E-state index in [0.29, 0.717) is 16.9 Å². The van der Waals surface area contributed by atoms with E-state index in [2.05, 4.69) is 24.4 Å². The van der Waals surface area contributed by atoms with E-state index in [4.69, 9.17) is 16.3 Å². The number of halogens is 1. The van der Waals surface area contributed by atoms with Crippen LogP contribution in [0.15, 0.2) is 18.2 Å². The van der Waals surface area contributed by atoms with Gasteiger partial charge in [-0.2, -0.15) is 0 Å². The first-order valence-corrected chi connectivity index (χ1v) is 7.51. The zero-order valence-electron chi connectivity index (χ0n) is 12.1. The molecule has 0 aliphatic heterocycles. The molecular formula is C16H24ClNO. The van der Waals surface area contributed by atoms with E-state index >= 15 is 0 Å². The molecular weight excluding hydrogens is 258 g/mol. The van der Waals surface area contributed by atoms with Crippen LogP contribution in [0.2, 0.25) is 5.02 Å². The number of hydrogen-bond acceptors (Lipinski definition) is 2. The molecule has 1 aromatic carbocycles. The van der Waals surface area contributed by atoms with Gasteiger partial charge in [-0.25, -0.2) is 0 Å². The summed E-state index contributed by atoms with van der Waals surface area (Å²) in [7, 11) is 3.72. The number of nitrogens with one attached hydrogen (secondary N) is 1. The van der Waals surface area contributed by atoms with Crippen LogP contribution in [0.25, 0.3) is 0 Å². The first-order valence-electron chi connectivity index (χ1n) is 7.13. The molecule has 1 aromatic rings. The third-order valence-corrected chi connectivity index (χ3v) is 4.64. The minimum Gasteiger partial charge on any atom is -0.495 e. The molecule has 0 spiro atoms. The lowest BCUT2D eigenvalue weighted by molar-refractivity contribution is 0.244. The summed E-state index contributed by atoms with van der Waals surface area (Å²) in [6, 6.07) is 6.25. The van der Waals surface area contributed by atoms with Crippen molar-refractivity contribution in [2.24, 2.45) is 11.8 Å². The van der Waals surface area contributed by atoms with Crippen molar-refractivity contribution < 1.29 is 4.74 Å². The summed E-state index contributed by atoms with van der Waals surface area (Å²) in [5.74, 6) is 2.93. The molecule has 0 saturated heterocycles. The second-order valence-corrected chi connectivity index (χ2v) is 6.14. The fraction of sp³-hybridized carbons (Fsp3) is 0.625. The average Bonchev–Trinajstić information content (AvgIpc) is 2.42. The Morgan fingerprint density at radius 2 is 2.16 bits per heavy atom. The molecule has 1 aliphatic carbocycles. The summed E-state index contributed by atoms with van der Waals surface area (Å²) in [5, 5.41) is 4.03. The van der Waals surface area contributed by atoms with Gasteiger partial charge in [-0.15, -0.1) is 0 Å². The van der Waals surface area contributed by atoms with Gasteiger partial charge in [-0.1, -0.05) is 31.0 Å². The van der Waals surface area contributed by atoms with Crippen LogP contribution in [0.1, 0.15) is 37.7 Å². The Labute approximate surface area is 121 Å². The maximum atomic E-state index is 6.12. The molecule has 19 heavy (non-hydrogen) atoms. The van der Waals surface area contributed by atoms with Crippen molar-refractivity contribution in [3.8, 4) is 5.75 Å². The van der Waals surface area contributed by atoms with Crippen molar-refractivity contribution in [2.75, 3.05) is 20.7 Å². The van der Waals surface area contributed by atoms with Crippen LogP contribution >= 0.6 is 11.6 Å². The van der Waals surface area contributed by atoms with Crippen LogP contribution in [-0.2, 0) is 0 Å². The number of ether oxygens (including phenoxy) is 1. The predicted octanol–water partition coefficient (Wildman–Crippen LogP) is 4.09. The SMILES string of the molecule is CNCC1CCC(C)CC1c1ccc(Cl)c(OC)c1. The van der Waals surface area contributed by atoms with E-state index < -0.39 is 0 Å². The average molecular weight is 282 g/mol. The molecule has 0 aromatic heterocycles. The van der Waals surface area contributed by atoms with E-state index in [0.717, 1.165) is 18.2 Å². The van der Waals surface area contributed by atoms with Crippen LogP contribution in [0.4, 0.5) is 0 Å². The van der Waals surface area contributed by atoms with E-state index in [9.17, 15) is 0 Å². The third-order valence-electron chi connectivity index (χ3n) is 4.33. The maximum absolute atomic E-state index is 6.12. The van der Waals surface area contributed by atoms with Gasteiger partial charge in [-0.05, 0) is 61.9 Å². The molecule has 3 heteroatoms. The van der Waals surface area contributed by atoms with Crippen molar-refractivity contribution in [3.63, 3.8) is 0 Å². The van der Waals surface area contributed by atoms with Crippen LogP contribution in [0.3, 0.4) is 0 Å². The van der Waals surface area contributed by atoms with Gasteiger partial charge in [-0.3, -0.25) is 0 Å². The normalized spacial score (nSPS) is 27.3. The van der Waals surface area contributed by atoms with Crippen LogP contribution < -0.4 is 10.1 Å². The van der Waals surface area contributed by atoms with Crippen LogP contribution in [-0.4, -0.2) is 20.7 Å². The van der Waals surface area contributed by atoms with Gasteiger partial charge < -0.3 is 10.1 Å². The number of benzene rings is 1. The molecule has 106 valence electrons. The summed E-state index contributed by atoms with van der Waals surface area (Å²) in [6.45, 7) is 3.44. The first kappa shape index (κ1) is 14.7.